The molecule has 0 fully saturated rings. The van der Waals surface area contributed by atoms with Crippen LogP contribution in [0.25, 0.3) is 10.2 Å². The zero-order valence-electron chi connectivity index (χ0n) is 18.3. The summed E-state index contributed by atoms with van der Waals surface area (Å²) in [5, 5.41) is 11.2. The number of thiazole rings is 1. The van der Waals surface area contributed by atoms with E-state index in [4.69, 9.17) is 13.9 Å². The van der Waals surface area contributed by atoms with Gasteiger partial charge >= 0.3 is 0 Å². The SMILES string of the molecule is CCOc1ccc(C2C(C(=O)c3ccco3)=C(O)C(=O)N2c2nc3ccc(OC)cc3s2)cc1. The van der Waals surface area contributed by atoms with Gasteiger partial charge in [-0.25, -0.2) is 4.98 Å². The predicted molar refractivity (Wildman–Crippen MR) is 127 cm³/mol. The fourth-order valence-electron chi connectivity index (χ4n) is 3.93. The monoisotopic (exact) mass is 476 g/mol. The second kappa shape index (κ2) is 8.68. The Bertz CT molecular complexity index is 1410. The number of hydrogen-bond acceptors (Lipinski definition) is 8. The molecule has 2 aromatic carbocycles. The average Bonchev–Trinajstić information content (AvgIpc) is 3.58. The number of hydrogen-bond donors (Lipinski definition) is 1. The van der Waals surface area contributed by atoms with Crippen molar-refractivity contribution in [1.82, 2.24) is 4.98 Å². The molecule has 3 heterocycles. The van der Waals surface area contributed by atoms with E-state index in [9.17, 15) is 14.7 Å². The number of anilines is 1. The van der Waals surface area contributed by atoms with Crippen LogP contribution in [-0.4, -0.2) is 35.5 Å². The van der Waals surface area contributed by atoms with Crippen LogP contribution in [0, 0.1) is 0 Å². The zero-order valence-corrected chi connectivity index (χ0v) is 19.2. The van der Waals surface area contributed by atoms with Gasteiger partial charge in [-0.1, -0.05) is 23.5 Å². The molecule has 0 aliphatic carbocycles. The van der Waals surface area contributed by atoms with Crippen molar-refractivity contribution in [2.45, 2.75) is 13.0 Å². The minimum atomic E-state index is -0.900. The highest BCUT2D eigenvalue weighted by atomic mass is 32.1. The van der Waals surface area contributed by atoms with Gasteiger partial charge in [0.25, 0.3) is 5.91 Å². The molecule has 8 nitrogen and oxygen atoms in total. The first-order chi connectivity index (χ1) is 16.5. The lowest BCUT2D eigenvalue weighted by atomic mass is 9.95. The maximum Gasteiger partial charge on any atom is 0.296 e. The molecule has 1 N–H and O–H groups in total. The molecular formula is C25H20N2O6S. The van der Waals surface area contributed by atoms with E-state index < -0.39 is 23.5 Å². The molecule has 172 valence electrons. The van der Waals surface area contributed by atoms with Crippen LogP contribution in [0.2, 0.25) is 0 Å². The molecule has 0 radical (unpaired) electrons. The van der Waals surface area contributed by atoms with Crippen LogP contribution in [0.3, 0.4) is 0 Å². The summed E-state index contributed by atoms with van der Waals surface area (Å²) in [7, 11) is 1.57. The molecule has 1 amide bonds. The lowest BCUT2D eigenvalue weighted by molar-refractivity contribution is -0.117. The van der Waals surface area contributed by atoms with Crippen LogP contribution in [0.15, 0.2) is 76.6 Å². The molecule has 0 saturated heterocycles. The van der Waals surface area contributed by atoms with Gasteiger partial charge in [-0.2, -0.15) is 0 Å². The summed E-state index contributed by atoms with van der Waals surface area (Å²) < 4.78 is 16.9. The molecule has 34 heavy (non-hydrogen) atoms. The van der Waals surface area contributed by atoms with Crippen molar-refractivity contribution in [3.05, 3.63) is 83.5 Å². The molecule has 1 aliphatic rings. The minimum absolute atomic E-state index is 0.0289. The fraction of sp³-hybridized carbons (Fsp3) is 0.160. The Labute approximate surface area is 198 Å². The van der Waals surface area contributed by atoms with E-state index in [1.165, 1.54) is 28.6 Å². The Balaban J connectivity index is 1.64. The van der Waals surface area contributed by atoms with Gasteiger partial charge in [0.05, 0.1) is 41.8 Å². The van der Waals surface area contributed by atoms with Gasteiger partial charge in [0.2, 0.25) is 5.78 Å². The number of carbonyl (C=O) groups excluding carboxylic acids is 2. The Morgan fingerprint density at radius 3 is 2.62 bits per heavy atom. The summed E-state index contributed by atoms with van der Waals surface area (Å²) >= 11 is 1.27. The number of nitrogens with zero attached hydrogens (tertiary/aromatic N) is 2. The van der Waals surface area contributed by atoms with Crippen molar-refractivity contribution < 1.29 is 28.6 Å². The molecule has 9 heteroatoms. The largest absolute Gasteiger partial charge is 0.503 e. The Morgan fingerprint density at radius 2 is 1.94 bits per heavy atom. The molecular weight excluding hydrogens is 456 g/mol. The van der Waals surface area contributed by atoms with Crippen molar-refractivity contribution >= 4 is 38.4 Å². The number of aliphatic hydroxyl groups is 1. The topological polar surface area (TPSA) is 102 Å². The number of rotatable bonds is 7. The molecule has 0 spiro atoms. The normalized spacial score (nSPS) is 15.9. The van der Waals surface area contributed by atoms with Crippen LogP contribution in [0.1, 0.15) is 29.1 Å². The first-order valence-electron chi connectivity index (χ1n) is 10.5. The first kappa shape index (κ1) is 21.7. The maximum absolute atomic E-state index is 13.3. The van der Waals surface area contributed by atoms with Crippen LogP contribution < -0.4 is 14.4 Å². The maximum atomic E-state index is 13.3. The average molecular weight is 477 g/mol. The summed E-state index contributed by atoms with van der Waals surface area (Å²) in [6.07, 6.45) is 1.37. The van der Waals surface area contributed by atoms with E-state index in [1.807, 2.05) is 13.0 Å². The number of Topliss-reactive ketones (excluding diaryl/α,β-unsaturated/α-hetero) is 1. The number of carbonyl (C=O) groups is 2. The van der Waals surface area contributed by atoms with E-state index in [-0.39, 0.29) is 11.3 Å². The second-order valence-electron chi connectivity index (χ2n) is 7.48. The fourth-order valence-corrected chi connectivity index (χ4v) is 4.95. The Morgan fingerprint density at radius 1 is 1.18 bits per heavy atom. The van der Waals surface area contributed by atoms with E-state index in [0.717, 1.165) is 4.70 Å². The van der Waals surface area contributed by atoms with E-state index >= 15 is 0 Å². The van der Waals surface area contributed by atoms with Crippen molar-refractivity contribution in [2.75, 3.05) is 18.6 Å². The first-order valence-corrected chi connectivity index (χ1v) is 11.4. The lowest BCUT2D eigenvalue weighted by Crippen LogP contribution is -2.30. The number of aromatic nitrogens is 1. The molecule has 0 bridgehead atoms. The Kier molecular flexibility index (Phi) is 5.54. The third-order valence-corrected chi connectivity index (χ3v) is 6.51. The highest BCUT2D eigenvalue weighted by Crippen LogP contribution is 2.44. The van der Waals surface area contributed by atoms with Crippen LogP contribution >= 0.6 is 11.3 Å². The zero-order chi connectivity index (χ0) is 23.8. The number of amides is 1. The second-order valence-corrected chi connectivity index (χ2v) is 8.49. The van der Waals surface area contributed by atoms with Crippen LogP contribution in [0.4, 0.5) is 5.13 Å². The molecule has 1 atom stereocenters. The predicted octanol–water partition coefficient (Wildman–Crippen LogP) is 5.08. The summed E-state index contributed by atoms with van der Waals surface area (Å²) in [5.41, 5.74) is 1.22. The van der Waals surface area contributed by atoms with Gasteiger partial charge in [-0.15, -0.1) is 0 Å². The van der Waals surface area contributed by atoms with Crippen molar-refractivity contribution in [3.63, 3.8) is 0 Å². The highest BCUT2D eigenvalue weighted by molar-refractivity contribution is 7.22. The van der Waals surface area contributed by atoms with Crippen LogP contribution in [0.5, 0.6) is 11.5 Å². The number of benzene rings is 2. The van der Waals surface area contributed by atoms with Gasteiger partial charge in [-0.3, -0.25) is 14.5 Å². The van der Waals surface area contributed by atoms with Crippen molar-refractivity contribution in [2.24, 2.45) is 0 Å². The lowest BCUT2D eigenvalue weighted by Gasteiger charge is -2.24. The third-order valence-electron chi connectivity index (χ3n) is 5.49. The van der Waals surface area contributed by atoms with Gasteiger partial charge in [0.15, 0.2) is 16.7 Å². The summed E-state index contributed by atoms with van der Waals surface area (Å²) in [5.74, 6) is -0.562. The number of aliphatic hydroxyl groups excluding tert-OH is 1. The quantitative estimate of drug-likeness (QED) is 0.371. The number of fused-ring (bicyclic) bond motifs is 1. The van der Waals surface area contributed by atoms with E-state index in [1.54, 1.807) is 49.6 Å². The number of ketones is 1. The van der Waals surface area contributed by atoms with Crippen molar-refractivity contribution in [3.8, 4) is 11.5 Å². The number of furan rings is 1. The molecule has 5 rings (SSSR count). The number of methoxy groups -OCH3 is 1. The molecule has 0 saturated carbocycles. The summed E-state index contributed by atoms with van der Waals surface area (Å²) in [4.78, 5) is 32.5. The van der Waals surface area contributed by atoms with Gasteiger partial charge in [-0.05, 0) is 55.0 Å². The van der Waals surface area contributed by atoms with Gasteiger partial charge in [0, 0.05) is 0 Å². The summed E-state index contributed by atoms with van der Waals surface area (Å²) in [6.45, 7) is 2.39. The standard InChI is InChI=1S/C25H20N2O6S/c1-3-32-15-8-6-14(7-9-15)21-20(22(28)18-5-4-12-33-18)23(29)24(30)27(21)25-26-17-11-10-16(31-2)13-19(17)34-25/h4-13,21,29H,3H2,1-2H3. The van der Waals surface area contributed by atoms with E-state index in [2.05, 4.69) is 4.98 Å². The van der Waals surface area contributed by atoms with Gasteiger partial charge < -0.3 is 19.0 Å². The smallest absolute Gasteiger partial charge is 0.296 e. The molecule has 1 unspecified atom stereocenters. The molecule has 1 aliphatic heterocycles. The van der Waals surface area contributed by atoms with Gasteiger partial charge in [0.1, 0.15) is 11.5 Å². The molecule has 2 aromatic heterocycles. The van der Waals surface area contributed by atoms with E-state index in [0.29, 0.717) is 34.3 Å². The number of ether oxygens (including phenoxy) is 2. The van der Waals surface area contributed by atoms with Crippen LogP contribution in [-0.2, 0) is 4.79 Å². The molecule has 4 aromatic rings. The summed E-state index contributed by atoms with van der Waals surface area (Å²) in [6, 6.07) is 14.6. The Hall–Kier alpha value is -4.11. The highest BCUT2D eigenvalue weighted by Gasteiger charge is 2.46. The minimum Gasteiger partial charge on any atom is -0.503 e. The third kappa shape index (κ3) is 3.60. The van der Waals surface area contributed by atoms with Crippen molar-refractivity contribution in [1.29, 1.82) is 0 Å².